The Hall–Kier alpha value is -1.66. The zero-order chi connectivity index (χ0) is 14.5. The monoisotopic (exact) mass is 314 g/mol. The second-order valence-corrected chi connectivity index (χ2v) is 5.26. The predicted molar refractivity (Wildman–Crippen MR) is 77.1 cm³/mol. The van der Waals surface area contributed by atoms with Gasteiger partial charge in [-0.15, -0.1) is 11.3 Å². The van der Waals surface area contributed by atoms with E-state index < -0.39 is 5.82 Å². The Bertz CT molecular complexity index is 618. The number of aryl methyl sites for hydroxylation is 1. The van der Waals surface area contributed by atoms with Crippen LogP contribution in [0.4, 0.5) is 15.2 Å². The molecule has 0 radical (unpaired) electrons. The molecule has 0 fully saturated rings. The van der Waals surface area contributed by atoms with E-state index in [4.69, 9.17) is 11.6 Å². The van der Waals surface area contributed by atoms with Gasteiger partial charge in [-0.3, -0.25) is 4.79 Å². The Balaban J connectivity index is 2.00. The van der Waals surface area contributed by atoms with Gasteiger partial charge in [-0.1, -0.05) is 11.6 Å². The van der Waals surface area contributed by atoms with Crippen molar-refractivity contribution >= 4 is 39.7 Å². The minimum Gasteiger partial charge on any atom is -0.469 e. The van der Waals surface area contributed by atoms with Crippen LogP contribution in [-0.2, 0) is 16.0 Å². The lowest BCUT2D eigenvalue weighted by Crippen LogP contribution is -2.02. The molecule has 0 aliphatic heterocycles. The average Bonchev–Trinajstić information content (AvgIpc) is 2.87. The fourth-order valence-electron chi connectivity index (χ4n) is 1.52. The van der Waals surface area contributed by atoms with Crippen LogP contribution in [0.3, 0.4) is 0 Å². The molecule has 0 unspecified atom stereocenters. The number of ether oxygens (including phenoxy) is 1. The molecule has 2 rings (SSSR count). The van der Waals surface area contributed by atoms with Crippen molar-refractivity contribution < 1.29 is 13.9 Å². The van der Waals surface area contributed by atoms with Gasteiger partial charge >= 0.3 is 5.97 Å². The van der Waals surface area contributed by atoms with Crippen LogP contribution in [0, 0.1) is 5.82 Å². The number of nitrogens with one attached hydrogen (secondary N) is 1. The highest BCUT2D eigenvalue weighted by Gasteiger charge is 2.08. The molecule has 1 aromatic carbocycles. The smallest absolute Gasteiger partial charge is 0.305 e. The third kappa shape index (κ3) is 3.91. The quantitative estimate of drug-likeness (QED) is 0.853. The number of nitrogens with zero attached hydrogens (tertiary/aromatic N) is 1. The summed E-state index contributed by atoms with van der Waals surface area (Å²) in [4.78, 5) is 15.3. The van der Waals surface area contributed by atoms with Crippen molar-refractivity contribution in [2.75, 3.05) is 12.4 Å². The van der Waals surface area contributed by atoms with Crippen LogP contribution >= 0.6 is 22.9 Å². The Morgan fingerprint density at radius 2 is 2.35 bits per heavy atom. The molecule has 0 amide bonds. The van der Waals surface area contributed by atoms with E-state index in [2.05, 4.69) is 15.0 Å². The number of carbonyl (C=O) groups is 1. The van der Waals surface area contributed by atoms with Crippen LogP contribution in [0.2, 0.25) is 5.02 Å². The number of rotatable bonds is 5. The Kier molecular flexibility index (Phi) is 4.92. The highest BCUT2D eigenvalue weighted by Crippen LogP contribution is 2.25. The first kappa shape index (κ1) is 14.7. The lowest BCUT2D eigenvalue weighted by molar-refractivity contribution is -0.140. The van der Waals surface area contributed by atoms with Crippen LogP contribution in [0.5, 0.6) is 0 Å². The highest BCUT2D eigenvalue weighted by molar-refractivity contribution is 7.13. The molecule has 1 N–H and O–H groups in total. The van der Waals surface area contributed by atoms with E-state index in [-0.39, 0.29) is 12.4 Å². The van der Waals surface area contributed by atoms with Crippen molar-refractivity contribution in [3.63, 3.8) is 0 Å². The van der Waals surface area contributed by atoms with Gasteiger partial charge in [0.15, 0.2) is 5.13 Å². The fourth-order valence-corrected chi connectivity index (χ4v) is 2.43. The van der Waals surface area contributed by atoms with Gasteiger partial charge in [0.2, 0.25) is 0 Å². The van der Waals surface area contributed by atoms with E-state index in [0.29, 0.717) is 22.3 Å². The van der Waals surface area contributed by atoms with Crippen LogP contribution in [0.25, 0.3) is 0 Å². The Morgan fingerprint density at radius 3 is 3.05 bits per heavy atom. The summed E-state index contributed by atoms with van der Waals surface area (Å²) < 4.78 is 18.2. The summed E-state index contributed by atoms with van der Waals surface area (Å²) in [6.45, 7) is 0. The van der Waals surface area contributed by atoms with Crippen molar-refractivity contribution in [1.82, 2.24) is 4.98 Å². The molecule has 7 heteroatoms. The first-order chi connectivity index (χ1) is 9.58. The van der Waals surface area contributed by atoms with E-state index in [1.165, 1.54) is 24.5 Å². The third-order valence-electron chi connectivity index (χ3n) is 2.54. The Labute approximate surface area is 124 Å². The first-order valence-corrected chi connectivity index (χ1v) is 7.07. The summed E-state index contributed by atoms with van der Waals surface area (Å²) in [6, 6.07) is 4.38. The van der Waals surface area contributed by atoms with Gasteiger partial charge in [0.1, 0.15) is 5.82 Å². The molecule has 0 saturated carbocycles. The maximum absolute atomic E-state index is 13.6. The molecule has 2 aromatic rings. The summed E-state index contributed by atoms with van der Waals surface area (Å²) in [5.41, 5.74) is 1.07. The molecule has 20 heavy (non-hydrogen) atoms. The number of benzene rings is 1. The minimum absolute atomic E-state index is 0.273. The van der Waals surface area contributed by atoms with E-state index in [9.17, 15) is 9.18 Å². The lowest BCUT2D eigenvalue weighted by Gasteiger charge is -2.04. The Morgan fingerprint density at radius 1 is 1.55 bits per heavy atom. The maximum Gasteiger partial charge on any atom is 0.305 e. The van der Waals surface area contributed by atoms with Gasteiger partial charge in [0, 0.05) is 16.8 Å². The second kappa shape index (κ2) is 6.67. The van der Waals surface area contributed by atoms with Crippen molar-refractivity contribution in [2.24, 2.45) is 0 Å². The van der Waals surface area contributed by atoms with Gasteiger partial charge in [0.05, 0.1) is 24.9 Å². The van der Waals surface area contributed by atoms with Crippen LogP contribution in [-0.4, -0.2) is 18.1 Å². The molecule has 0 spiro atoms. The fraction of sp³-hybridized carbons (Fsp3) is 0.231. The van der Waals surface area contributed by atoms with Gasteiger partial charge < -0.3 is 10.1 Å². The SMILES string of the molecule is COC(=O)CCc1csc(Nc2ccc(Cl)cc2F)n1. The third-order valence-corrected chi connectivity index (χ3v) is 3.58. The summed E-state index contributed by atoms with van der Waals surface area (Å²) in [5.74, 6) is -0.722. The minimum atomic E-state index is -0.441. The molecule has 0 atom stereocenters. The van der Waals surface area contributed by atoms with Crippen LogP contribution in [0.15, 0.2) is 23.6 Å². The number of hydrogen-bond acceptors (Lipinski definition) is 5. The molecule has 4 nitrogen and oxygen atoms in total. The van der Waals surface area contributed by atoms with Gasteiger partial charge in [-0.25, -0.2) is 9.37 Å². The zero-order valence-corrected chi connectivity index (χ0v) is 12.2. The lowest BCUT2D eigenvalue weighted by atomic mass is 10.2. The number of thiazole rings is 1. The summed E-state index contributed by atoms with van der Waals surface area (Å²) in [6.07, 6.45) is 0.767. The van der Waals surface area contributed by atoms with Crippen LogP contribution in [0.1, 0.15) is 12.1 Å². The molecule has 0 bridgehead atoms. The normalized spacial score (nSPS) is 10.3. The predicted octanol–water partition coefficient (Wildman–Crippen LogP) is 3.78. The van der Waals surface area contributed by atoms with E-state index in [0.717, 1.165) is 5.69 Å². The molecule has 1 aromatic heterocycles. The van der Waals surface area contributed by atoms with E-state index in [1.807, 2.05) is 5.38 Å². The molecule has 1 heterocycles. The number of esters is 1. The first-order valence-electron chi connectivity index (χ1n) is 5.82. The van der Waals surface area contributed by atoms with Crippen molar-refractivity contribution in [3.05, 3.63) is 40.1 Å². The molecule has 0 saturated heterocycles. The molecule has 0 aliphatic carbocycles. The number of methoxy groups -OCH3 is 1. The van der Waals surface area contributed by atoms with Gasteiger partial charge in [-0.2, -0.15) is 0 Å². The van der Waals surface area contributed by atoms with Crippen molar-refractivity contribution in [2.45, 2.75) is 12.8 Å². The largest absolute Gasteiger partial charge is 0.469 e. The van der Waals surface area contributed by atoms with E-state index >= 15 is 0 Å². The summed E-state index contributed by atoms with van der Waals surface area (Å²) >= 11 is 7.03. The average molecular weight is 315 g/mol. The maximum atomic E-state index is 13.6. The van der Waals surface area contributed by atoms with Crippen molar-refractivity contribution in [3.8, 4) is 0 Å². The summed E-state index contributed by atoms with van der Waals surface area (Å²) in [5, 5.41) is 5.60. The highest BCUT2D eigenvalue weighted by atomic mass is 35.5. The number of anilines is 2. The van der Waals surface area contributed by atoms with Gasteiger partial charge in [0.25, 0.3) is 0 Å². The molecular weight excluding hydrogens is 303 g/mol. The van der Waals surface area contributed by atoms with E-state index in [1.54, 1.807) is 12.1 Å². The van der Waals surface area contributed by atoms with Gasteiger partial charge in [-0.05, 0) is 18.2 Å². The number of carbonyl (C=O) groups excluding carboxylic acids is 1. The molecular formula is C13H12ClFN2O2S. The molecule has 0 aliphatic rings. The zero-order valence-electron chi connectivity index (χ0n) is 10.7. The van der Waals surface area contributed by atoms with Crippen LogP contribution < -0.4 is 5.32 Å². The number of hydrogen-bond donors (Lipinski definition) is 1. The second-order valence-electron chi connectivity index (χ2n) is 3.97. The number of aromatic nitrogens is 1. The topological polar surface area (TPSA) is 51.2 Å². The summed E-state index contributed by atoms with van der Waals surface area (Å²) in [7, 11) is 1.35. The standard InChI is InChI=1S/C13H12ClFN2O2S/c1-19-12(18)5-3-9-7-20-13(16-9)17-11-4-2-8(14)6-10(11)15/h2,4,6-7H,3,5H2,1H3,(H,16,17). The van der Waals surface area contributed by atoms with Crippen molar-refractivity contribution in [1.29, 1.82) is 0 Å². The number of halogens is 2. The molecule has 106 valence electrons.